The third-order valence-electron chi connectivity index (χ3n) is 9.15. The van der Waals surface area contributed by atoms with E-state index in [2.05, 4.69) is 0 Å². The second-order valence-electron chi connectivity index (χ2n) is 11.6. The summed E-state index contributed by atoms with van der Waals surface area (Å²) in [6.45, 7) is 0. The van der Waals surface area contributed by atoms with Crippen molar-refractivity contribution in [3.05, 3.63) is 0 Å². The van der Waals surface area contributed by atoms with Crippen LogP contribution in [0.25, 0.3) is 0 Å². The van der Waals surface area contributed by atoms with Crippen molar-refractivity contribution in [2.24, 2.45) is 0 Å². The molecule has 180 valence electrons. The Morgan fingerprint density at radius 3 is 0.935 bits per heavy atom. The summed E-state index contributed by atoms with van der Waals surface area (Å²) in [6, 6.07) is 0. The van der Waals surface area contributed by atoms with Crippen molar-refractivity contribution in [3.8, 4) is 0 Å². The van der Waals surface area contributed by atoms with Gasteiger partial charge in [0.1, 0.15) is 0 Å². The highest BCUT2D eigenvalue weighted by Crippen LogP contribution is 2.51. The molecule has 0 heterocycles. The van der Waals surface area contributed by atoms with Crippen LogP contribution in [0.5, 0.6) is 0 Å². The van der Waals surface area contributed by atoms with Gasteiger partial charge >= 0.3 is 8.56 Å². The van der Waals surface area contributed by atoms with Gasteiger partial charge < -0.3 is 8.85 Å². The van der Waals surface area contributed by atoms with Crippen LogP contribution in [-0.4, -0.2) is 20.8 Å². The van der Waals surface area contributed by atoms with Crippen LogP contribution in [0.15, 0.2) is 0 Å². The van der Waals surface area contributed by atoms with Gasteiger partial charge in [0.05, 0.1) is 0 Å². The first-order chi connectivity index (χ1) is 15.4. The molecule has 0 saturated heterocycles. The predicted molar refractivity (Wildman–Crippen MR) is 134 cm³/mol. The summed E-state index contributed by atoms with van der Waals surface area (Å²) in [5, 5.41) is 0. The summed E-state index contributed by atoms with van der Waals surface area (Å²) in [7, 11) is -2.25. The van der Waals surface area contributed by atoms with Gasteiger partial charge in [-0.2, -0.15) is 0 Å². The van der Waals surface area contributed by atoms with Crippen molar-refractivity contribution < 1.29 is 8.85 Å². The van der Waals surface area contributed by atoms with E-state index in [1.54, 1.807) is 0 Å². The summed E-state index contributed by atoms with van der Waals surface area (Å²) in [5.41, 5.74) is 1.56. The van der Waals surface area contributed by atoms with E-state index in [1.165, 1.54) is 154 Å². The first-order valence-electron chi connectivity index (χ1n) is 14.7. The monoisotopic (exact) mass is 448 g/mol. The van der Waals surface area contributed by atoms with Crippen LogP contribution in [0.4, 0.5) is 0 Å². The van der Waals surface area contributed by atoms with Crippen molar-refractivity contribution in [2.45, 2.75) is 177 Å². The highest BCUT2D eigenvalue weighted by molar-refractivity contribution is 6.70. The molecule has 2 nitrogen and oxygen atoms in total. The van der Waals surface area contributed by atoms with Crippen LogP contribution in [0, 0.1) is 0 Å². The molecule has 0 aliphatic heterocycles. The summed E-state index contributed by atoms with van der Waals surface area (Å²) < 4.78 is 15.2. The molecule has 4 fully saturated rings. The molecule has 0 unspecified atom stereocenters. The van der Waals surface area contributed by atoms with Crippen molar-refractivity contribution in [1.29, 1.82) is 0 Å². The first-order valence-corrected chi connectivity index (χ1v) is 16.7. The molecular weight excluding hydrogens is 396 g/mol. The normalized spacial score (nSPS) is 27.9. The maximum atomic E-state index is 7.59. The molecule has 4 saturated carbocycles. The smallest absolute Gasteiger partial charge is 0.345 e. The van der Waals surface area contributed by atoms with Gasteiger partial charge in [-0.05, 0) is 51.4 Å². The van der Waals surface area contributed by atoms with E-state index in [1.807, 2.05) is 0 Å². The molecule has 4 aliphatic rings. The highest BCUT2D eigenvalue weighted by Gasteiger charge is 2.54. The third-order valence-corrected chi connectivity index (χ3v) is 14.0. The molecule has 0 bridgehead atoms. The van der Waals surface area contributed by atoms with Gasteiger partial charge in [0.2, 0.25) is 0 Å². The SMILES string of the molecule is C1CCCC(O[Si](OC2CCCCCCC2)(C2CCCCC2)C2CCCCC2)CCC1. The second-order valence-corrected chi connectivity index (χ2v) is 15.1. The van der Waals surface area contributed by atoms with Gasteiger partial charge in [-0.1, -0.05) is 103 Å². The van der Waals surface area contributed by atoms with E-state index in [9.17, 15) is 0 Å². The van der Waals surface area contributed by atoms with Crippen LogP contribution in [0.1, 0.15) is 154 Å². The average Bonchev–Trinajstić information content (AvgIpc) is 2.77. The predicted octanol–water partition coefficient (Wildman–Crippen LogP) is 9.36. The Labute approximate surface area is 194 Å². The number of hydrogen-bond donors (Lipinski definition) is 0. The minimum absolute atomic E-state index is 0.504. The van der Waals surface area contributed by atoms with Gasteiger partial charge in [0, 0.05) is 23.3 Å². The van der Waals surface area contributed by atoms with Gasteiger partial charge in [-0.15, -0.1) is 0 Å². The third kappa shape index (κ3) is 7.06. The molecule has 0 aromatic heterocycles. The molecule has 0 amide bonds. The summed E-state index contributed by atoms with van der Waals surface area (Å²) in [4.78, 5) is 0. The quantitative estimate of drug-likeness (QED) is 0.377. The van der Waals surface area contributed by atoms with E-state index in [-0.39, 0.29) is 0 Å². The minimum atomic E-state index is -2.25. The maximum absolute atomic E-state index is 7.59. The Kier molecular flexibility index (Phi) is 10.3. The molecule has 0 N–H and O–H groups in total. The van der Waals surface area contributed by atoms with Gasteiger partial charge in [0.25, 0.3) is 0 Å². The summed E-state index contributed by atoms with van der Waals surface area (Å²) in [5.74, 6) is 0. The Morgan fingerprint density at radius 2 is 0.581 bits per heavy atom. The molecular formula is C28H52O2Si. The lowest BCUT2D eigenvalue weighted by Gasteiger charge is -2.49. The lowest BCUT2D eigenvalue weighted by atomic mass is 9.99. The average molecular weight is 449 g/mol. The fraction of sp³-hybridized carbons (Fsp3) is 1.00. The fourth-order valence-electron chi connectivity index (χ4n) is 7.35. The summed E-state index contributed by atoms with van der Waals surface area (Å²) in [6.07, 6.45) is 34.5. The number of hydrogen-bond acceptors (Lipinski definition) is 2. The zero-order valence-electron chi connectivity index (χ0n) is 20.6. The van der Waals surface area contributed by atoms with Crippen molar-refractivity contribution in [3.63, 3.8) is 0 Å². The second kappa shape index (κ2) is 13.1. The standard InChI is InChI=1S/C28H52O2Si/c1-3-9-17-25(18-10-4-1)29-31(27-21-13-7-14-22-27,28-23-15-8-16-24-28)30-26-19-11-5-2-6-12-20-26/h25-28H,1-24H2. The molecule has 3 heteroatoms. The molecule has 4 aliphatic carbocycles. The first kappa shape index (κ1) is 24.3. The van der Waals surface area contributed by atoms with Crippen LogP contribution in [-0.2, 0) is 8.85 Å². The van der Waals surface area contributed by atoms with E-state index >= 15 is 0 Å². The Hall–Kier alpha value is 0.137. The van der Waals surface area contributed by atoms with Crippen molar-refractivity contribution in [1.82, 2.24) is 0 Å². The van der Waals surface area contributed by atoms with Crippen LogP contribution < -0.4 is 0 Å². The lowest BCUT2D eigenvalue weighted by molar-refractivity contribution is 0.0360. The van der Waals surface area contributed by atoms with Crippen LogP contribution >= 0.6 is 0 Å². The molecule has 0 aromatic rings. The van der Waals surface area contributed by atoms with E-state index in [0.29, 0.717) is 12.2 Å². The zero-order valence-corrected chi connectivity index (χ0v) is 21.6. The van der Waals surface area contributed by atoms with Crippen LogP contribution in [0.2, 0.25) is 11.1 Å². The van der Waals surface area contributed by atoms with E-state index in [0.717, 1.165) is 11.1 Å². The Morgan fingerprint density at radius 1 is 0.323 bits per heavy atom. The largest absolute Gasteiger partial charge is 0.391 e. The topological polar surface area (TPSA) is 18.5 Å². The maximum Gasteiger partial charge on any atom is 0.345 e. The van der Waals surface area contributed by atoms with Crippen LogP contribution in [0.3, 0.4) is 0 Å². The van der Waals surface area contributed by atoms with Gasteiger partial charge in [-0.25, -0.2) is 0 Å². The molecule has 4 rings (SSSR count). The van der Waals surface area contributed by atoms with Gasteiger partial charge in [-0.3, -0.25) is 0 Å². The fourth-order valence-corrected chi connectivity index (χ4v) is 12.8. The zero-order chi connectivity index (χ0) is 21.2. The minimum Gasteiger partial charge on any atom is -0.391 e. The Balaban J connectivity index is 1.58. The van der Waals surface area contributed by atoms with E-state index in [4.69, 9.17) is 8.85 Å². The van der Waals surface area contributed by atoms with E-state index < -0.39 is 8.56 Å². The summed E-state index contributed by atoms with van der Waals surface area (Å²) >= 11 is 0. The molecule has 31 heavy (non-hydrogen) atoms. The molecule has 0 radical (unpaired) electrons. The number of rotatable bonds is 6. The van der Waals surface area contributed by atoms with Gasteiger partial charge in [0.15, 0.2) is 0 Å². The van der Waals surface area contributed by atoms with Crippen molar-refractivity contribution in [2.75, 3.05) is 0 Å². The molecule has 0 aromatic carbocycles. The highest BCUT2D eigenvalue weighted by atomic mass is 28.4. The Bertz CT molecular complexity index is 423. The molecule has 0 spiro atoms. The lowest BCUT2D eigenvalue weighted by Crippen LogP contribution is -2.56. The van der Waals surface area contributed by atoms with Crippen molar-refractivity contribution >= 4 is 8.56 Å². The molecule has 0 atom stereocenters.